The Morgan fingerprint density at radius 2 is 2.11 bits per heavy atom. The van der Waals surface area contributed by atoms with Gasteiger partial charge in [0.05, 0.1) is 12.5 Å². The third kappa shape index (κ3) is 4.14. The highest BCUT2D eigenvalue weighted by Crippen LogP contribution is 2.20. The molecule has 0 fully saturated rings. The maximum atomic E-state index is 12.0. The fourth-order valence-electron chi connectivity index (χ4n) is 2.07. The lowest BCUT2D eigenvalue weighted by Crippen LogP contribution is -2.38. The van der Waals surface area contributed by atoms with Crippen molar-refractivity contribution in [2.75, 3.05) is 27.2 Å². The van der Waals surface area contributed by atoms with Gasteiger partial charge >= 0.3 is 5.97 Å². The lowest BCUT2D eigenvalue weighted by Gasteiger charge is -2.23. The summed E-state index contributed by atoms with van der Waals surface area (Å²) in [4.78, 5) is 26.2. The summed E-state index contributed by atoms with van der Waals surface area (Å²) in [5.41, 5.74) is 1.08. The predicted octanol–water partition coefficient (Wildman–Crippen LogP) is 1.17. The van der Waals surface area contributed by atoms with E-state index in [0.29, 0.717) is 6.54 Å². The number of rotatable bonds is 6. The molecule has 0 bridgehead atoms. The second-order valence-corrected chi connectivity index (χ2v) is 4.98. The minimum absolute atomic E-state index is 0.0169. The zero-order chi connectivity index (χ0) is 13.7. The number of hydrogen-bond donors (Lipinski definition) is 1. The Morgan fingerprint density at radius 3 is 2.61 bits per heavy atom. The van der Waals surface area contributed by atoms with Crippen molar-refractivity contribution in [3.05, 3.63) is 11.8 Å². The summed E-state index contributed by atoms with van der Waals surface area (Å²) < 4.78 is 0. The van der Waals surface area contributed by atoms with E-state index >= 15 is 0 Å². The van der Waals surface area contributed by atoms with Crippen molar-refractivity contribution in [2.45, 2.75) is 26.2 Å². The molecular formula is C13H22N2O3. The summed E-state index contributed by atoms with van der Waals surface area (Å²) in [6.07, 6.45) is 5.20. The molecule has 0 aromatic rings. The summed E-state index contributed by atoms with van der Waals surface area (Å²) in [5.74, 6) is -1.27. The number of carbonyl (C=O) groups is 2. The maximum absolute atomic E-state index is 12.0. The van der Waals surface area contributed by atoms with E-state index in [0.717, 1.165) is 25.0 Å². The van der Waals surface area contributed by atoms with Crippen molar-refractivity contribution in [1.29, 1.82) is 0 Å². The van der Waals surface area contributed by atoms with Crippen molar-refractivity contribution in [1.82, 2.24) is 9.80 Å². The fraction of sp³-hybridized carbons (Fsp3) is 0.692. The molecule has 1 unspecified atom stereocenters. The quantitative estimate of drug-likeness (QED) is 0.773. The molecule has 0 saturated heterocycles. The highest BCUT2D eigenvalue weighted by Gasteiger charge is 2.19. The van der Waals surface area contributed by atoms with Crippen molar-refractivity contribution in [2.24, 2.45) is 5.92 Å². The third-order valence-corrected chi connectivity index (χ3v) is 3.23. The molecule has 0 aromatic carbocycles. The van der Waals surface area contributed by atoms with Crippen LogP contribution in [0, 0.1) is 5.92 Å². The Kier molecular flexibility index (Phi) is 5.34. The van der Waals surface area contributed by atoms with E-state index in [1.807, 2.05) is 0 Å². The molecule has 102 valence electrons. The van der Waals surface area contributed by atoms with E-state index in [2.05, 4.69) is 6.08 Å². The number of allylic oxidation sites excluding steroid dienone is 2. The number of amides is 1. The van der Waals surface area contributed by atoms with E-state index in [1.165, 1.54) is 0 Å². The molecule has 1 aliphatic carbocycles. The average Bonchev–Trinajstić information content (AvgIpc) is 2.80. The maximum Gasteiger partial charge on any atom is 0.307 e. The summed E-state index contributed by atoms with van der Waals surface area (Å²) in [7, 11) is 3.56. The molecule has 1 aliphatic rings. The van der Waals surface area contributed by atoms with Crippen LogP contribution in [0.2, 0.25) is 0 Å². The predicted molar refractivity (Wildman–Crippen MR) is 69.0 cm³/mol. The first-order chi connectivity index (χ1) is 8.41. The minimum Gasteiger partial charge on any atom is -0.481 e. The van der Waals surface area contributed by atoms with Crippen molar-refractivity contribution >= 4 is 11.9 Å². The Bertz CT molecular complexity index is 352. The number of carbonyl (C=O) groups excluding carboxylic acids is 1. The van der Waals surface area contributed by atoms with Gasteiger partial charge in [0.25, 0.3) is 0 Å². The molecule has 1 rings (SSSR count). The molecule has 0 radical (unpaired) electrons. The first-order valence-corrected chi connectivity index (χ1v) is 6.28. The van der Waals surface area contributed by atoms with Crippen LogP contribution in [0.4, 0.5) is 0 Å². The van der Waals surface area contributed by atoms with Gasteiger partial charge in [0, 0.05) is 19.3 Å². The summed E-state index contributed by atoms with van der Waals surface area (Å²) in [5, 5.41) is 8.82. The number of hydrogen-bond acceptors (Lipinski definition) is 3. The molecule has 5 heteroatoms. The highest BCUT2D eigenvalue weighted by atomic mass is 16.4. The van der Waals surface area contributed by atoms with Crippen LogP contribution < -0.4 is 0 Å². The zero-order valence-electron chi connectivity index (χ0n) is 11.3. The fourth-order valence-corrected chi connectivity index (χ4v) is 2.07. The minimum atomic E-state index is -0.832. The molecule has 5 nitrogen and oxygen atoms in total. The Hall–Kier alpha value is -1.36. The molecule has 0 aromatic heterocycles. The molecule has 0 spiro atoms. The number of carboxylic acids is 1. The van der Waals surface area contributed by atoms with Crippen LogP contribution in [0.15, 0.2) is 11.8 Å². The van der Waals surface area contributed by atoms with Crippen LogP contribution in [-0.4, -0.2) is 54.0 Å². The van der Waals surface area contributed by atoms with Crippen LogP contribution >= 0.6 is 0 Å². The number of aliphatic carboxylic acids is 1. The first-order valence-electron chi connectivity index (χ1n) is 6.28. The Morgan fingerprint density at radius 1 is 1.44 bits per heavy atom. The van der Waals surface area contributed by atoms with Crippen molar-refractivity contribution in [3.63, 3.8) is 0 Å². The highest BCUT2D eigenvalue weighted by molar-refractivity contribution is 5.80. The van der Waals surface area contributed by atoms with Gasteiger partial charge < -0.3 is 10.0 Å². The van der Waals surface area contributed by atoms with Crippen LogP contribution in [-0.2, 0) is 9.59 Å². The smallest absolute Gasteiger partial charge is 0.307 e. The van der Waals surface area contributed by atoms with Gasteiger partial charge in [0.2, 0.25) is 5.91 Å². The molecule has 18 heavy (non-hydrogen) atoms. The van der Waals surface area contributed by atoms with Crippen molar-refractivity contribution in [3.8, 4) is 0 Å². The van der Waals surface area contributed by atoms with Gasteiger partial charge in [-0.3, -0.25) is 14.5 Å². The SMILES string of the molecule is CC(CN(C)CC(=O)N(C)C1=CCCC1)C(=O)O. The molecule has 1 N–H and O–H groups in total. The molecule has 0 aliphatic heterocycles. The normalized spacial score (nSPS) is 16.6. The lowest BCUT2D eigenvalue weighted by molar-refractivity contribution is -0.142. The topological polar surface area (TPSA) is 60.9 Å². The van der Waals surface area contributed by atoms with E-state index in [9.17, 15) is 9.59 Å². The Balaban J connectivity index is 2.41. The monoisotopic (exact) mass is 254 g/mol. The third-order valence-electron chi connectivity index (χ3n) is 3.23. The Labute approximate surface area is 108 Å². The molecule has 0 saturated carbocycles. The molecule has 0 heterocycles. The van der Waals surface area contributed by atoms with E-state index in [4.69, 9.17) is 5.11 Å². The van der Waals surface area contributed by atoms with Gasteiger partial charge in [-0.15, -0.1) is 0 Å². The van der Waals surface area contributed by atoms with Gasteiger partial charge in [0.15, 0.2) is 0 Å². The van der Waals surface area contributed by atoms with Gasteiger partial charge in [-0.05, 0) is 26.3 Å². The van der Waals surface area contributed by atoms with Gasteiger partial charge in [0.1, 0.15) is 0 Å². The summed E-state index contributed by atoms with van der Waals surface area (Å²) >= 11 is 0. The van der Waals surface area contributed by atoms with E-state index in [-0.39, 0.29) is 12.5 Å². The number of carboxylic acid groups (broad SMARTS) is 1. The first kappa shape index (κ1) is 14.7. The van der Waals surface area contributed by atoms with Crippen LogP contribution in [0.5, 0.6) is 0 Å². The van der Waals surface area contributed by atoms with E-state index < -0.39 is 11.9 Å². The van der Waals surface area contributed by atoms with Gasteiger partial charge in [-0.2, -0.15) is 0 Å². The number of likely N-dealkylation sites (N-methyl/N-ethyl adjacent to an activating group) is 2. The lowest BCUT2D eigenvalue weighted by atomic mass is 10.2. The standard InChI is InChI=1S/C13H22N2O3/c1-10(13(17)18)8-14(2)9-12(16)15(3)11-6-4-5-7-11/h6,10H,4-5,7-9H2,1-3H3,(H,17,18). The van der Waals surface area contributed by atoms with Gasteiger partial charge in [-0.1, -0.05) is 13.0 Å². The second-order valence-electron chi connectivity index (χ2n) is 4.98. The summed E-state index contributed by atoms with van der Waals surface area (Å²) in [6.45, 7) is 2.28. The van der Waals surface area contributed by atoms with Crippen molar-refractivity contribution < 1.29 is 14.7 Å². The molecular weight excluding hydrogens is 232 g/mol. The zero-order valence-corrected chi connectivity index (χ0v) is 11.3. The average molecular weight is 254 g/mol. The van der Waals surface area contributed by atoms with Gasteiger partial charge in [-0.25, -0.2) is 0 Å². The van der Waals surface area contributed by atoms with Crippen LogP contribution in [0.25, 0.3) is 0 Å². The van der Waals surface area contributed by atoms with Crippen LogP contribution in [0.1, 0.15) is 26.2 Å². The molecule has 1 amide bonds. The summed E-state index contributed by atoms with van der Waals surface area (Å²) in [6, 6.07) is 0. The largest absolute Gasteiger partial charge is 0.481 e. The van der Waals surface area contributed by atoms with Crippen LogP contribution in [0.3, 0.4) is 0 Å². The molecule has 1 atom stereocenters. The van der Waals surface area contributed by atoms with E-state index in [1.54, 1.807) is 30.8 Å². The number of nitrogens with zero attached hydrogens (tertiary/aromatic N) is 2. The second kappa shape index (κ2) is 6.54.